The molecule has 114 valence electrons. The minimum atomic E-state index is -1.03. The van der Waals surface area contributed by atoms with Crippen LogP contribution in [0.4, 0.5) is 5.69 Å². The van der Waals surface area contributed by atoms with Gasteiger partial charge in [0.2, 0.25) is 5.76 Å². The Hall–Kier alpha value is -2.55. The van der Waals surface area contributed by atoms with Crippen LogP contribution in [-0.2, 0) is 0 Å². The number of oxazole rings is 1. The number of carboxylic acids is 1. The van der Waals surface area contributed by atoms with Gasteiger partial charge in [-0.15, -0.1) is 0 Å². The summed E-state index contributed by atoms with van der Waals surface area (Å²) >= 11 is 2.17. The number of nitrogens with zero attached hydrogens (tertiary/aromatic N) is 1. The number of fused-ring (bicyclic) bond motifs is 2. The molecule has 0 radical (unpaired) electrons. The molecule has 0 saturated carbocycles. The normalized spacial score (nSPS) is 11.3. The average molecular weight is 420 g/mol. The highest BCUT2D eigenvalue weighted by Gasteiger charge is 2.20. The molecule has 2 aromatic carbocycles. The van der Waals surface area contributed by atoms with E-state index in [1.54, 1.807) is 6.07 Å². The van der Waals surface area contributed by atoms with Gasteiger partial charge in [-0.25, -0.2) is 9.78 Å². The summed E-state index contributed by atoms with van der Waals surface area (Å²) in [6.07, 6.45) is 0. The summed E-state index contributed by atoms with van der Waals surface area (Å²) in [6, 6.07) is 10.2. The molecule has 0 spiro atoms. The Morgan fingerprint density at radius 3 is 2.78 bits per heavy atom. The van der Waals surface area contributed by atoms with Gasteiger partial charge in [-0.2, -0.15) is 0 Å². The fourth-order valence-electron chi connectivity index (χ4n) is 2.42. The molecule has 0 fully saturated rings. The van der Waals surface area contributed by atoms with E-state index < -0.39 is 5.97 Å². The number of rotatable bonds is 2. The maximum Gasteiger partial charge on any atom is 0.335 e. The zero-order valence-corrected chi connectivity index (χ0v) is 13.7. The third-order valence-corrected chi connectivity index (χ3v) is 4.39. The molecular formula is C16H9IN2O4. The zero-order valence-electron chi connectivity index (χ0n) is 11.5. The van der Waals surface area contributed by atoms with Gasteiger partial charge in [0.25, 0.3) is 5.89 Å². The molecule has 0 aliphatic rings. The molecule has 4 aromatic rings. The van der Waals surface area contributed by atoms with E-state index in [-0.39, 0.29) is 11.5 Å². The first-order valence-corrected chi connectivity index (χ1v) is 7.73. The molecule has 0 amide bonds. The molecule has 2 heterocycles. The SMILES string of the molecule is Nc1c(-c2nc3ccc(C(=O)O)cc3o2)oc2c(I)cccc12. The summed E-state index contributed by atoms with van der Waals surface area (Å²) in [5, 5.41) is 9.83. The third kappa shape index (κ3) is 2.15. The lowest BCUT2D eigenvalue weighted by molar-refractivity contribution is 0.0697. The number of hydrogen-bond acceptors (Lipinski definition) is 5. The number of hydrogen-bond donors (Lipinski definition) is 2. The smallest absolute Gasteiger partial charge is 0.335 e. The van der Waals surface area contributed by atoms with Crippen LogP contribution >= 0.6 is 22.6 Å². The predicted molar refractivity (Wildman–Crippen MR) is 93.3 cm³/mol. The van der Waals surface area contributed by atoms with Gasteiger partial charge in [0.05, 0.1) is 14.8 Å². The third-order valence-electron chi connectivity index (χ3n) is 3.54. The van der Waals surface area contributed by atoms with Gasteiger partial charge in [-0.3, -0.25) is 0 Å². The second kappa shape index (κ2) is 4.98. The van der Waals surface area contributed by atoms with Gasteiger partial charge >= 0.3 is 5.97 Å². The number of carbonyl (C=O) groups is 1. The van der Waals surface area contributed by atoms with Gasteiger partial charge in [0.15, 0.2) is 11.2 Å². The number of aromatic nitrogens is 1. The van der Waals surface area contributed by atoms with Crippen LogP contribution in [0, 0.1) is 3.57 Å². The number of aromatic carboxylic acids is 1. The topological polar surface area (TPSA) is 102 Å². The van der Waals surface area contributed by atoms with Crippen molar-refractivity contribution >= 4 is 56.3 Å². The summed E-state index contributed by atoms with van der Waals surface area (Å²) in [5.41, 5.74) is 8.31. The van der Waals surface area contributed by atoms with Crippen LogP contribution in [0.25, 0.3) is 33.7 Å². The molecule has 3 N–H and O–H groups in total. The van der Waals surface area contributed by atoms with E-state index in [0.29, 0.717) is 28.1 Å². The number of carboxylic acid groups (broad SMARTS) is 1. The minimum Gasteiger partial charge on any atom is -0.478 e. The Labute approximate surface area is 143 Å². The molecule has 0 aliphatic carbocycles. The summed E-state index contributed by atoms with van der Waals surface area (Å²) in [4.78, 5) is 15.4. The molecule has 6 nitrogen and oxygen atoms in total. The van der Waals surface area contributed by atoms with Crippen molar-refractivity contribution in [3.8, 4) is 11.7 Å². The van der Waals surface area contributed by atoms with Gasteiger partial charge in [-0.1, -0.05) is 6.07 Å². The van der Waals surface area contributed by atoms with E-state index in [2.05, 4.69) is 27.6 Å². The van der Waals surface area contributed by atoms with Crippen molar-refractivity contribution in [2.45, 2.75) is 0 Å². The number of nitrogen functional groups attached to an aromatic ring is 1. The van der Waals surface area contributed by atoms with Crippen molar-refractivity contribution < 1.29 is 18.7 Å². The van der Waals surface area contributed by atoms with Gasteiger partial charge < -0.3 is 19.7 Å². The summed E-state index contributed by atoms with van der Waals surface area (Å²) in [6.45, 7) is 0. The number of nitrogens with two attached hydrogens (primary N) is 1. The Bertz CT molecular complexity index is 1080. The van der Waals surface area contributed by atoms with E-state index >= 15 is 0 Å². The minimum absolute atomic E-state index is 0.132. The van der Waals surface area contributed by atoms with Crippen LogP contribution in [0.15, 0.2) is 45.2 Å². The molecule has 0 unspecified atom stereocenters. The summed E-state index contributed by atoms with van der Waals surface area (Å²) < 4.78 is 12.4. The Balaban J connectivity index is 1.94. The summed E-state index contributed by atoms with van der Waals surface area (Å²) in [5.74, 6) is -0.452. The molecule has 0 saturated heterocycles. The highest BCUT2D eigenvalue weighted by Crippen LogP contribution is 2.38. The quantitative estimate of drug-likeness (QED) is 0.473. The van der Waals surface area contributed by atoms with Gasteiger partial charge in [-0.05, 0) is 52.9 Å². The first kappa shape index (κ1) is 14.1. The van der Waals surface area contributed by atoms with Crippen LogP contribution in [-0.4, -0.2) is 16.1 Å². The van der Waals surface area contributed by atoms with Crippen molar-refractivity contribution in [3.63, 3.8) is 0 Å². The molecule has 7 heteroatoms. The first-order chi connectivity index (χ1) is 11.0. The number of benzene rings is 2. The maximum absolute atomic E-state index is 11.0. The highest BCUT2D eigenvalue weighted by atomic mass is 127. The molecule has 4 rings (SSSR count). The first-order valence-electron chi connectivity index (χ1n) is 6.65. The monoisotopic (exact) mass is 420 g/mol. The summed E-state index contributed by atoms with van der Waals surface area (Å²) in [7, 11) is 0. The second-order valence-corrected chi connectivity index (χ2v) is 6.13. The van der Waals surface area contributed by atoms with Crippen LogP contribution in [0.2, 0.25) is 0 Å². The fraction of sp³-hybridized carbons (Fsp3) is 0. The van der Waals surface area contributed by atoms with Crippen molar-refractivity contribution in [1.82, 2.24) is 4.98 Å². The zero-order chi connectivity index (χ0) is 16.1. The van der Waals surface area contributed by atoms with Crippen molar-refractivity contribution in [3.05, 3.63) is 45.5 Å². The molecule has 23 heavy (non-hydrogen) atoms. The fourth-order valence-corrected chi connectivity index (χ4v) is 3.03. The van der Waals surface area contributed by atoms with Crippen LogP contribution in [0.1, 0.15) is 10.4 Å². The lowest BCUT2D eigenvalue weighted by Crippen LogP contribution is -1.94. The Kier molecular flexibility index (Phi) is 3.05. The average Bonchev–Trinajstić information content (AvgIpc) is 3.09. The maximum atomic E-state index is 11.0. The number of anilines is 1. The highest BCUT2D eigenvalue weighted by molar-refractivity contribution is 14.1. The number of halogens is 1. The molecular weight excluding hydrogens is 411 g/mol. The van der Waals surface area contributed by atoms with E-state index in [1.807, 2.05) is 18.2 Å². The van der Waals surface area contributed by atoms with Gasteiger partial charge in [0, 0.05) is 5.39 Å². The molecule has 2 aromatic heterocycles. The van der Waals surface area contributed by atoms with Crippen molar-refractivity contribution in [1.29, 1.82) is 0 Å². The van der Waals surface area contributed by atoms with E-state index in [4.69, 9.17) is 19.7 Å². The Morgan fingerprint density at radius 2 is 2.04 bits per heavy atom. The number of furan rings is 1. The van der Waals surface area contributed by atoms with E-state index in [1.165, 1.54) is 12.1 Å². The molecule has 0 aliphatic heterocycles. The largest absolute Gasteiger partial charge is 0.478 e. The van der Waals surface area contributed by atoms with Crippen molar-refractivity contribution in [2.24, 2.45) is 0 Å². The number of para-hydroxylation sites is 1. The lowest BCUT2D eigenvalue weighted by atomic mass is 10.2. The van der Waals surface area contributed by atoms with Crippen LogP contribution in [0.5, 0.6) is 0 Å². The molecule has 0 atom stereocenters. The Morgan fingerprint density at radius 1 is 1.22 bits per heavy atom. The van der Waals surface area contributed by atoms with Crippen molar-refractivity contribution in [2.75, 3.05) is 5.73 Å². The van der Waals surface area contributed by atoms with E-state index in [0.717, 1.165) is 8.96 Å². The molecule has 0 bridgehead atoms. The lowest BCUT2D eigenvalue weighted by Gasteiger charge is -1.91. The predicted octanol–water partition coefficient (Wildman–Crippen LogP) is 4.13. The second-order valence-electron chi connectivity index (χ2n) is 4.97. The van der Waals surface area contributed by atoms with E-state index in [9.17, 15) is 4.79 Å². The van der Waals surface area contributed by atoms with Gasteiger partial charge in [0.1, 0.15) is 5.52 Å². The van der Waals surface area contributed by atoms with Crippen LogP contribution < -0.4 is 5.73 Å². The van der Waals surface area contributed by atoms with Crippen LogP contribution in [0.3, 0.4) is 0 Å². The standard InChI is InChI=1S/C16H9IN2O4/c17-9-3-1-2-8-12(18)14(23-13(8)9)15-19-10-5-4-7(16(20)21)6-11(10)22-15/h1-6H,18H2,(H,20,21).